The van der Waals surface area contributed by atoms with Crippen LogP contribution in [0.15, 0.2) is 66.9 Å². The van der Waals surface area contributed by atoms with Gasteiger partial charge in [-0.2, -0.15) is 0 Å². The van der Waals surface area contributed by atoms with Gasteiger partial charge < -0.3 is 25.0 Å². The number of phenols is 2. The highest BCUT2D eigenvalue weighted by atomic mass is 35.5. The molecule has 2 atom stereocenters. The molecule has 2 aromatic heterocycles. The summed E-state index contributed by atoms with van der Waals surface area (Å²) in [6.07, 6.45) is 1.74. The summed E-state index contributed by atoms with van der Waals surface area (Å²) in [5.41, 5.74) is 4.63. The monoisotopic (exact) mass is 524 g/mol. The normalized spacial score (nSPS) is 17.6. The van der Waals surface area contributed by atoms with Crippen molar-refractivity contribution in [3.63, 3.8) is 0 Å². The predicted molar refractivity (Wildman–Crippen MR) is 143 cm³/mol. The average Bonchev–Trinajstić information content (AvgIpc) is 3.33. The Morgan fingerprint density at radius 2 is 1.57 bits per heavy atom. The number of halogens is 2. The minimum Gasteiger partial charge on any atom is -0.506 e. The van der Waals surface area contributed by atoms with Crippen molar-refractivity contribution in [2.75, 3.05) is 4.90 Å². The van der Waals surface area contributed by atoms with E-state index in [0.29, 0.717) is 26.5 Å². The molecule has 1 fully saturated rings. The van der Waals surface area contributed by atoms with Gasteiger partial charge in [0.05, 0.1) is 29.2 Å². The van der Waals surface area contributed by atoms with E-state index in [2.05, 4.69) is 16.4 Å². The molecule has 1 aliphatic rings. The fourth-order valence-corrected chi connectivity index (χ4v) is 5.42. The first kappa shape index (κ1) is 23.5. The summed E-state index contributed by atoms with van der Waals surface area (Å²) in [7, 11) is 0. The maximum Gasteiger partial charge on any atom is 0.174 e. The summed E-state index contributed by atoms with van der Waals surface area (Å²) >= 11 is 18.3. The maximum atomic E-state index is 10.8. The number of nitrogens with zero attached hydrogens (tertiary/aromatic N) is 3. The summed E-state index contributed by atoms with van der Waals surface area (Å²) in [6.45, 7) is 3.95. The quantitative estimate of drug-likeness (QED) is 0.269. The Labute approximate surface area is 218 Å². The number of aryl methyl sites for hydroxylation is 1. The Morgan fingerprint density at radius 3 is 2.23 bits per heavy atom. The van der Waals surface area contributed by atoms with E-state index < -0.39 is 0 Å². The molecule has 0 radical (unpaired) electrons. The lowest BCUT2D eigenvalue weighted by molar-refractivity contribution is 0.471. The standard InChI is InChI=1S/C26H22Cl2N4O2S/c1-14-11-18(15(2)31(14)20-12-16(27)6-8-22(20)33)25-24(19-5-3-4-10-29-19)30-26(35)32(25)21-13-17(28)7-9-23(21)34/h3-13,24-25,33-34H,1-2H3,(H,30,35)/t24-,25-/m1/s1. The van der Waals surface area contributed by atoms with Crippen LogP contribution in [0.25, 0.3) is 5.69 Å². The second-order valence-electron chi connectivity index (χ2n) is 8.42. The molecule has 1 saturated heterocycles. The van der Waals surface area contributed by atoms with E-state index >= 15 is 0 Å². The Bertz CT molecular complexity index is 1440. The lowest BCUT2D eigenvalue weighted by atomic mass is 9.96. The van der Waals surface area contributed by atoms with Crippen LogP contribution in [0, 0.1) is 13.8 Å². The molecule has 3 heterocycles. The highest BCUT2D eigenvalue weighted by molar-refractivity contribution is 7.80. The zero-order valence-corrected chi connectivity index (χ0v) is 21.2. The summed E-state index contributed by atoms with van der Waals surface area (Å²) in [6, 6.07) is 17.0. The van der Waals surface area contributed by atoms with Gasteiger partial charge in [0, 0.05) is 27.6 Å². The number of aromatic hydroxyl groups is 2. The van der Waals surface area contributed by atoms with Gasteiger partial charge in [-0.1, -0.05) is 29.3 Å². The molecular weight excluding hydrogens is 503 g/mol. The Morgan fingerprint density at radius 1 is 0.914 bits per heavy atom. The average molecular weight is 525 g/mol. The molecule has 3 N–H and O–H groups in total. The first-order valence-corrected chi connectivity index (χ1v) is 12.1. The number of phenolic OH excluding ortho intramolecular Hbond substituents is 2. The molecule has 0 spiro atoms. The number of anilines is 1. The van der Waals surface area contributed by atoms with Gasteiger partial charge in [0.15, 0.2) is 5.11 Å². The van der Waals surface area contributed by atoms with Gasteiger partial charge in [-0.3, -0.25) is 4.98 Å². The van der Waals surface area contributed by atoms with E-state index in [1.807, 2.05) is 41.5 Å². The number of benzene rings is 2. The van der Waals surface area contributed by atoms with Crippen molar-refractivity contribution in [3.05, 3.63) is 99.6 Å². The molecule has 1 aliphatic heterocycles. The highest BCUT2D eigenvalue weighted by Crippen LogP contribution is 2.46. The molecule has 4 aromatic rings. The van der Waals surface area contributed by atoms with Gasteiger partial charge in [0.1, 0.15) is 11.5 Å². The van der Waals surface area contributed by atoms with Gasteiger partial charge in [-0.15, -0.1) is 0 Å². The first-order chi connectivity index (χ1) is 16.8. The van der Waals surface area contributed by atoms with Crippen molar-refractivity contribution in [3.8, 4) is 17.2 Å². The summed E-state index contributed by atoms with van der Waals surface area (Å²) < 4.78 is 1.96. The molecule has 0 amide bonds. The highest BCUT2D eigenvalue weighted by Gasteiger charge is 2.43. The number of pyridine rings is 1. The smallest absolute Gasteiger partial charge is 0.174 e. The minimum atomic E-state index is -0.358. The molecule has 178 valence electrons. The van der Waals surface area contributed by atoms with Crippen molar-refractivity contribution < 1.29 is 10.2 Å². The lowest BCUT2D eigenvalue weighted by Crippen LogP contribution is -2.29. The number of nitrogens with one attached hydrogen (secondary N) is 1. The van der Waals surface area contributed by atoms with Crippen LogP contribution in [0.2, 0.25) is 10.0 Å². The zero-order chi connectivity index (χ0) is 24.9. The second-order valence-corrected chi connectivity index (χ2v) is 9.68. The third kappa shape index (κ3) is 4.10. The van der Waals surface area contributed by atoms with E-state index in [4.69, 9.17) is 35.4 Å². The summed E-state index contributed by atoms with van der Waals surface area (Å²) in [5.74, 6) is 0.181. The minimum absolute atomic E-state index is 0.0616. The largest absolute Gasteiger partial charge is 0.506 e. The molecule has 35 heavy (non-hydrogen) atoms. The van der Waals surface area contributed by atoms with Crippen LogP contribution < -0.4 is 10.2 Å². The number of rotatable bonds is 4. The maximum absolute atomic E-state index is 10.8. The Hall–Kier alpha value is -3.26. The van der Waals surface area contributed by atoms with Gasteiger partial charge in [0.25, 0.3) is 0 Å². The third-order valence-electron chi connectivity index (χ3n) is 6.26. The van der Waals surface area contributed by atoms with Crippen LogP contribution >= 0.6 is 35.4 Å². The van der Waals surface area contributed by atoms with Crippen LogP contribution in [0.1, 0.15) is 34.7 Å². The fraction of sp³-hybridized carbons (Fsp3) is 0.154. The van der Waals surface area contributed by atoms with Crippen LogP contribution in [0.4, 0.5) is 5.69 Å². The van der Waals surface area contributed by atoms with E-state index in [1.54, 1.807) is 42.6 Å². The van der Waals surface area contributed by atoms with Crippen LogP contribution in [-0.4, -0.2) is 24.9 Å². The van der Waals surface area contributed by atoms with E-state index in [1.165, 1.54) is 0 Å². The summed E-state index contributed by atoms with van der Waals surface area (Å²) in [5, 5.41) is 26.2. The molecule has 0 saturated carbocycles. The van der Waals surface area contributed by atoms with Gasteiger partial charge in [-0.05, 0) is 86.2 Å². The van der Waals surface area contributed by atoms with Crippen molar-refractivity contribution >= 4 is 46.2 Å². The van der Waals surface area contributed by atoms with Gasteiger partial charge in [-0.25, -0.2) is 0 Å². The molecular formula is C26H22Cl2N4O2S. The number of thiocarbonyl (C=S) groups is 1. The van der Waals surface area contributed by atoms with E-state index in [9.17, 15) is 10.2 Å². The molecule has 0 bridgehead atoms. The van der Waals surface area contributed by atoms with Crippen LogP contribution in [0.3, 0.4) is 0 Å². The SMILES string of the molecule is Cc1cc([C@@H]2[C@@H](c3ccccn3)NC(=S)N2c2cc(Cl)ccc2O)c(C)n1-c1cc(Cl)ccc1O. The topological polar surface area (TPSA) is 73.5 Å². The number of hydrogen-bond acceptors (Lipinski definition) is 4. The molecule has 2 aromatic carbocycles. The predicted octanol–water partition coefficient (Wildman–Crippen LogP) is 6.38. The van der Waals surface area contributed by atoms with Crippen molar-refractivity contribution in [2.45, 2.75) is 25.9 Å². The van der Waals surface area contributed by atoms with Crippen LogP contribution in [-0.2, 0) is 0 Å². The van der Waals surface area contributed by atoms with Crippen molar-refractivity contribution in [1.82, 2.24) is 14.9 Å². The molecule has 0 unspecified atom stereocenters. The third-order valence-corrected chi connectivity index (χ3v) is 7.05. The first-order valence-electron chi connectivity index (χ1n) is 10.9. The lowest BCUT2D eigenvalue weighted by Gasteiger charge is -2.28. The zero-order valence-electron chi connectivity index (χ0n) is 18.9. The van der Waals surface area contributed by atoms with E-state index in [0.717, 1.165) is 22.6 Å². The van der Waals surface area contributed by atoms with Crippen molar-refractivity contribution in [1.29, 1.82) is 0 Å². The molecule has 0 aliphatic carbocycles. The van der Waals surface area contributed by atoms with Gasteiger partial charge in [0.2, 0.25) is 0 Å². The van der Waals surface area contributed by atoms with E-state index in [-0.39, 0.29) is 23.6 Å². The fourth-order valence-electron chi connectivity index (χ4n) is 4.75. The Balaban J connectivity index is 1.73. The summed E-state index contributed by atoms with van der Waals surface area (Å²) in [4.78, 5) is 6.46. The molecule has 6 nitrogen and oxygen atoms in total. The molecule has 5 rings (SSSR count). The van der Waals surface area contributed by atoms with Gasteiger partial charge >= 0.3 is 0 Å². The second kappa shape index (κ2) is 9.07. The van der Waals surface area contributed by atoms with Crippen LogP contribution in [0.5, 0.6) is 11.5 Å². The number of aromatic nitrogens is 2. The Kier molecular flexibility index (Phi) is 6.09. The molecule has 9 heteroatoms. The number of hydrogen-bond donors (Lipinski definition) is 3. The van der Waals surface area contributed by atoms with Crippen molar-refractivity contribution in [2.24, 2.45) is 0 Å².